The van der Waals surface area contributed by atoms with Crippen molar-refractivity contribution < 1.29 is 9.32 Å². The molecule has 7 heteroatoms. The van der Waals surface area contributed by atoms with E-state index in [1.165, 1.54) is 12.8 Å². The highest BCUT2D eigenvalue weighted by Gasteiger charge is 2.26. The van der Waals surface area contributed by atoms with Gasteiger partial charge in [0.1, 0.15) is 0 Å². The van der Waals surface area contributed by atoms with Crippen LogP contribution in [-0.2, 0) is 17.8 Å². The Morgan fingerprint density at radius 1 is 1.36 bits per heavy atom. The van der Waals surface area contributed by atoms with Gasteiger partial charge in [-0.3, -0.25) is 9.69 Å². The summed E-state index contributed by atoms with van der Waals surface area (Å²) < 4.78 is 5.16. The lowest BCUT2D eigenvalue weighted by Crippen LogP contribution is -2.49. The van der Waals surface area contributed by atoms with Gasteiger partial charge >= 0.3 is 0 Å². The van der Waals surface area contributed by atoms with Gasteiger partial charge in [0.25, 0.3) is 0 Å². The fraction of sp³-hybridized carbons (Fsp3) is 0.833. The molecule has 2 atom stereocenters. The highest BCUT2D eigenvalue weighted by atomic mass is 16.5. The van der Waals surface area contributed by atoms with Crippen LogP contribution in [0, 0.1) is 11.8 Å². The van der Waals surface area contributed by atoms with Gasteiger partial charge in [0.2, 0.25) is 11.8 Å². The van der Waals surface area contributed by atoms with Crippen LogP contribution in [0.4, 0.5) is 0 Å². The summed E-state index contributed by atoms with van der Waals surface area (Å²) in [5, 5.41) is 7.46. The number of aromatic nitrogens is 2. The molecule has 0 spiro atoms. The third-order valence-electron chi connectivity index (χ3n) is 5.54. The Hall–Kier alpha value is -1.47. The number of carbonyl (C=O) groups excluding carboxylic acids is 1. The molecule has 2 aliphatic rings. The Labute approximate surface area is 150 Å². The number of piperazine rings is 1. The topological polar surface area (TPSA) is 74.5 Å². The Kier molecular flexibility index (Phi) is 6.42. The van der Waals surface area contributed by atoms with Crippen LogP contribution in [0.1, 0.15) is 44.8 Å². The first-order chi connectivity index (χ1) is 12.2. The van der Waals surface area contributed by atoms with Gasteiger partial charge in [-0.1, -0.05) is 19.0 Å². The fourth-order valence-electron chi connectivity index (χ4n) is 3.79. The van der Waals surface area contributed by atoms with Crippen LogP contribution < -0.4 is 5.32 Å². The number of nitrogens with zero attached hydrogens (tertiary/aromatic N) is 4. The minimum absolute atomic E-state index is 0.311. The third-order valence-corrected chi connectivity index (χ3v) is 5.54. The van der Waals surface area contributed by atoms with Crippen molar-refractivity contribution in [3.8, 4) is 0 Å². The van der Waals surface area contributed by atoms with Crippen molar-refractivity contribution in [1.82, 2.24) is 25.3 Å². The summed E-state index contributed by atoms with van der Waals surface area (Å²) in [4.78, 5) is 21.3. The molecular formula is C18H31N5O2. The Bertz CT molecular complexity index is 547. The number of carbonyl (C=O) groups is 1. The Morgan fingerprint density at radius 3 is 2.80 bits per heavy atom. The standard InChI is InChI=1S/C18H31N5O2/c1-3-17-20-16(21-25-17)13-22-7-9-23(10-8-22)18(24)11-14(2)15-5-4-6-19-12-15/h14-15,19H,3-13H2,1-2H3. The van der Waals surface area contributed by atoms with Gasteiger partial charge in [0, 0.05) is 39.0 Å². The predicted octanol–water partition coefficient (Wildman–Crippen LogP) is 1.30. The molecule has 0 aromatic carbocycles. The summed E-state index contributed by atoms with van der Waals surface area (Å²) >= 11 is 0. The van der Waals surface area contributed by atoms with E-state index in [1.807, 2.05) is 11.8 Å². The molecule has 2 saturated heterocycles. The molecule has 0 radical (unpaired) electrons. The van der Waals surface area contributed by atoms with Gasteiger partial charge < -0.3 is 14.7 Å². The highest BCUT2D eigenvalue weighted by Crippen LogP contribution is 2.23. The first-order valence-electron chi connectivity index (χ1n) is 9.68. The molecule has 2 fully saturated rings. The predicted molar refractivity (Wildman–Crippen MR) is 94.9 cm³/mol. The molecular weight excluding hydrogens is 318 g/mol. The first kappa shape index (κ1) is 18.3. The van der Waals surface area contributed by atoms with E-state index in [9.17, 15) is 4.79 Å². The lowest BCUT2D eigenvalue weighted by molar-refractivity contribution is -0.134. The van der Waals surface area contributed by atoms with E-state index >= 15 is 0 Å². The molecule has 0 bridgehead atoms. The second kappa shape index (κ2) is 8.76. The molecule has 1 amide bonds. The minimum Gasteiger partial charge on any atom is -0.340 e. The van der Waals surface area contributed by atoms with E-state index in [2.05, 4.69) is 27.3 Å². The zero-order valence-corrected chi connectivity index (χ0v) is 15.5. The van der Waals surface area contributed by atoms with Crippen LogP contribution in [-0.4, -0.2) is 65.1 Å². The van der Waals surface area contributed by atoms with E-state index in [-0.39, 0.29) is 0 Å². The van der Waals surface area contributed by atoms with E-state index in [0.29, 0.717) is 36.6 Å². The van der Waals surface area contributed by atoms with Crippen LogP contribution in [0.15, 0.2) is 4.52 Å². The van der Waals surface area contributed by atoms with Crippen molar-refractivity contribution in [3.63, 3.8) is 0 Å². The molecule has 7 nitrogen and oxygen atoms in total. The molecule has 140 valence electrons. The van der Waals surface area contributed by atoms with Crippen LogP contribution >= 0.6 is 0 Å². The Balaban J connectivity index is 1.41. The second-order valence-electron chi connectivity index (χ2n) is 7.40. The number of hydrogen-bond acceptors (Lipinski definition) is 6. The average molecular weight is 349 g/mol. The van der Waals surface area contributed by atoms with Crippen LogP contribution in [0.25, 0.3) is 0 Å². The van der Waals surface area contributed by atoms with Crippen molar-refractivity contribution in [2.75, 3.05) is 39.3 Å². The number of nitrogens with one attached hydrogen (secondary N) is 1. The molecule has 1 N–H and O–H groups in total. The molecule has 25 heavy (non-hydrogen) atoms. The number of rotatable bonds is 6. The quantitative estimate of drug-likeness (QED) is 0.834. The number of amides is 1. The molecule has 1 aromatic heterocycles. The molecule has 3 heterocycles. The third kappa shape index (κ3) is 5.01. The zero-order valence-electron chi connectivity index (χ0n) is 15.5. The fourth-order valence-corrected chi connectivity index (χ4v) is 3.79. The van der Waals surface area contributed by atoms with Crippen molar-refractivity contribution in [3.05, 3.63) is 11.7 Å². The van der Waals surface area contributed by atoms with E-state index in [1.54, 1.807) is 0 Å². The maximum absolute atomic E-state index is 12.6. The van der Waals surface area contributed by atoms with Crippen molar-refractivity contribution >= 4 is 5.91 Å². The zero-order chi connectivity index (χ0) is 17.6. The van der Waals surface area contributed by atoms with Gasteiger partial charge in [-0.05, 0) is 37.8 Å². The summed E-state index contributed by atoms with van der Waals surface area (Å²) in [5.41, 5.74) is 0. The van der Waals surface area contributed by atoms with Crippen LogP contribution in [0.3, 0.4) is 0 Å². The maximum Gasteiger partial charge on any atom is 0.226 e. The lowest BCUT2D eigenvalue weighted by atomic mass is 9.85. The smallest absolute Gasteiger partial charge is 0.226 e. The molecule has 0 aliphatic carbocycles. The molecule has 2 unspecified atom stereocenters. The monoisotopic (exact) mass is 349 g/mol. The number of aryl methyl sites for hydroxylation is 1. The summed E-state index contributed by atoms with van der Waals surface area (Å²) in [6, 6.07) is 0. The average Bonchev–Trinajstić information content (AvgIpc) is 3.10. The number of hydrogen-bond donors (Lipinski definition) is 1. The van der Waals surface area contributed by atoms with E-state index in [4.69, 9.17) is 4.52 Å². The lowest BCUT2D eigenvalue weighted by Gasteiger charge is -2.35. The Morgan fingerprint density at radius 2 is 2.16 bits per heavy atom. The van der Waals surface area contributed by atoms with Crippen LogP contribution in [0.2, 0.25) is 0 Å². The van der Waals surface area contributed by atoms with Crippen molar-refractivity contribution in [1.29, 1.82) is 0 Å². The van der Waals surface area contributed by atoms with Crippen molar-refractivity contribution in [2.45, 2.75) is 46.1 Å². The normalized spacial score (nSPS) is 23.6. The van der Waals surface area contributed by atoms with Gasteiger partial charge in [-0.25, -0.2) is 0 Å². The van der Waals surface area contributed by atoms with Crippen molar-refractivity contribution in [2.24, 2.45) is 11.8 Å². The van der Waals surface area contributed by atoms with Gasteiger partial charge in [-0.2, -0.15) is 4.98 Å². The number of piperidine rings is 1. The summed E-state index contributed by atoms with van der Waals surface area (Å²) in [6.45, 7) is 10.5. The summed E-state index contributed by atoms with van der Waals surface area (Å²) in [5.74, 6) is 2.85. The molecule has 0 saturated carbocycles. The van der Waals surface area contributed by atoms with Gasteiger partial charge in [0.15, 0.2) is 5.82 Å². The SMILES string of the molecule is CCc1nc(CN2CCN(C(=O)CC(C)C3CCCNC3)CC2)no1. The second-order valence-corrected chi connectivity index (χ2v) is 7.40. The molecule has 1 aromatic rings. The minimum atomic E-state index is 0.311. The molecule has 3 rings (SSSR count). The highest BCUT2D eigenvalue weighted by molar-refractivity contribution is 5.76. The van der Waals surface area contributed by atoms with E-state index in [0.717, 1.165) is 51.5 Å². The maximum atomic E-state index is 12.6. The van der Waals surface area contributed by atoms with Gasteiger partial charge in [0.05, 0.1) is 6.54 Å². The summed E-state index contributed by atoms with van der Waals surface area (Å²) in [6.07, 6.45) is 3.93. The molecule has 2 aliphatic heterocycles. The summed E-state index contributed by atoms with van der Waals surface area (Å²) in [7, 11) is 0. The van der Waals surface area contributed by atoms with E-state index < -0.39 is 0 Å². The first-order valence-corrected chi connectivity index (χ1v) is 9.68. The van der Waals surface area contributed by atoms with Gasteiger partial charge in [-0.15, -0.1) is 0 Å². The van der Waals surface area contributed by atoms with Crippen LogP contribution in [0.5, 0.6) is 0 Å². The largest absolute Gasteiger partial charge is 0.340 e.